The van der Waals surface area contributed by atoms with E-state index in [0.29, 0.717) is 13.0 Å². The summed E-state index contributed by atoms with van der Waals surface area (Å²) in [5.41, 5.74) is 6.90. The summed E-state index contributed by atoms with van der Waals surface area (Å²) in [6.07, 6.45) is 1.44. The van der Waals surface area contributed by atoms with E-state index in [0.717, 1.165) is 18.5 Å². The fraction of sp³-hybridized carbons (Fsp3) is 0.500. The number of likely N-dealkylation sites (N-methyl/N-ethyl adjacent to an activating group) is 1. The Labute approximate surface area is 108 Å². The molecule has 0 aliphatic rings. The van der Waals surface area contributed by atoms with Gasteiger partial charge >= 0.3 is 0 Å². The summed E-state index contributed by atoms with van der Waals surface area (Å²) in [6, 6.07) is 6.28. The van der Waals surface area contributed by atoms with E-state index in [2.05, 4.69) is 0 Å². The number of rotatable bonds is 6. The zero-order valence-corrected chi connectivity index (χ0v) is 11.1. The van der Waals surface area contributed by atoms with Crippen LogP contribution >= 0.6 is 0 Å². The highest BCUT2D eigenvalue weighted by Gasteiger charge is 2.19. The van der Waals surface area contributed by atoms with Gasteiger partial charge in [-0.3, -0.25) is 4.79 Å². The summed E-state index contributed by atoms with van der Waals surface area (Å²) in [5.74, 6) is 0.215. The van der Waals surface area contributed by atoms with Crippen LogP contribution in [0.4, 0.5) is 0 Å². The van der Waals surface area contributed by atoms with Crippen molar-refractivity contribution in [2.75, 3.05) is 13.1 Å². The minimum absolute atomic E-state index is 0.00701. The molecule has 4 nitrogen and oxygen atoms in total. The number of nitrogens with two attached hydrogens (primary N) is 1. The lowest BCUT2D eigenvalue weighted by Crippen LogP contribution is -2.45. The van der Waals surface area contributed by atoms with Crippen LogP contribution in [-0.2, 0) is 11.2 Å². The van der Waals surface area contributed by atoms with Gasteiger partial charge in [0.15, 0.2) is 0 Å². The van der Waals surface area contributed by atoms with E-state index in [-0.39, 0.29) is 11.7 Å². The molecular formula is C14H22N2O2. The number of benzene rings is 1. The lowest BCUT2D eigenvalue weighted by Gasteiger charge is -2.23. The van der Waals surface area contributed by atoms with E-state index in [9.17, 15) is 9.90 Å². The molecule has 0 aliphatic carbocycles. The molecule has 1 amide bonds. The predicted molar refractivity (Wildman–Crippen MR) is 72.3 cm³/mol. The van der Waals surface area contributed by atoms with E-state index in [4.69, 9.17) is 5.73 Å². The lowest BCUT2D eigenvalue weighted by atomic mass is 10.1. The Balaban J connectivity index is 2.61. The Bertz CT molecular complexity index is 376. The second kappa shape index (κ2) is 7.01. The highest BCUT2D eigenvalue weighted by Crippen LogP contribution is 2.11. The van der Waals surface area contributed by atoms with Gasteiger partial charge in [-0.05, 0) is 37.5 Å². The molecule has 0 unspecified atom stereocenters. The zero-order chi connectivity index (χ0) is 13.5. The van der Waals surface area contributed by atoms with Crippen molar-refractivity contribution in [3.8, 4) is 5.75 Å². The van der Waals surface area contributed by atoms with E-state index < -0.39 is 6.04 Å². The normalized spacial score (nSPS) is 12.2. The third-order valence-electron chi connectivity index (χ3n) is 2.90. The summed E-state index contributed by atoms with van der Waals surface area (Å²) in [4.78, 5) is 13.9. The van der Waals surface area contributed by atoms with Crippen LogP contribution in [-0.4, -0.2) is 35.0 Å². The standard InChI is InChI=1S/C14H22N2O2/c1-3-9-16(4-2)14(18)13(15)10-11-5-7-12(17)8-6-11/h5-8,13,17H,3-4,9-10,15H2,1-2H3/t13-/m1/s1. The van der Waals surface area contributed by atoms with Crippen molar-refractivity contribution < 1.29 is 9.90 Å². The monoisotopic (exact) mass is 250 g/mol. The minimum Gasteiger partial charge on any atom is -0.508 e. The van der Waals surface area contributed by atoms with Crippen molar-refractivity contribution in [2.24, 2.45) is 5.73 Å². The maximum absolute atomic E-state index is 12.1. The van der Waals surface area contributed by atoms with Crippen molar-refractivity contribution in [2.45, 2.75) is 32.7 Å². The number of amides is 1. The molecule has 1 rings (SSSR count). The first kappa shape index (κ1) is 14.5. The maximum Gasteiger partial charge on any atom is 0.239 e. The Hall–Kier alpha value is -1.55. The third kappa shape index (κ3) is 4.04. The molecule has 0 fully saturated rings. The molecule has 4 heteroatoms. The Morgan fingerprint density at radius 2 is 1.94 bits per heavy atom. The number of hydrogen-bond acceptors (Lipinski definition) is 3. The van der Waals surface area contributed by atoms with Crippen molar-refractivity contribution in [3.05, 3.63) is 29.8 Å². The first-order chi connectivity index (χ1) is 8.58. The Morgan fingerprint density at radius 3 is 2.44 bits per heavy atom. The molecule has 3 N–H and O–H groups in total. The number of hydrogen-bond donors (Lipinski definition) is 2. The van der Waals surface area contributed by atoms with Crippen LogP contribution in [0.2, 0.25) is 0 Å². The largest absolute Gasteiger partial charge is 0.508 e. The van der Waals surface area contributed by atoms with Gasteiger partial charge < -0.3 is 15.7 Å². The summed E-state index contributed by atoms with van der Waals surface area (Å²) < 4.78 is 0. The van der Waals surface area contributed by atoms with Crippen molar-refractivity contribution in [1.82, 2.24) is 4.90 Å². The summed E-state index contributed by atoms with van der Waals surface area (Å²) in [7, 11) is 0. The summed E-state index contributed by atoms with van der Waals surface area (Å²) in [5, 5.41) is 9.19. The molecule has 0 aromatic heterocycles. The Kier molecular flexibility index (Phi) is 5.65. The third-order valence-corrected chi connectivity index (χ3v) is 2.90. The van der Waals surface area contributed by atoms with E-state index in [1.165, 1.54) is 0 Å². The molecular weight excluding hydrogens is 228 g/mol. The number of phenols is 1. The fourth-order valence-electron chi connectivity index (χ4n) is 1.90. The van der Waals surface area contributed by atoms with E-state index in [1.807, 2.05) is 13.8 Å². The predicted octanol–water partition coefficient (Wildman–Crippen LogP) is 1.52. The van der Waals surface area contributed by atoms with Gasteiger partial charge in [0.1, 0.15) is 5.75 Å². The maximum atomic E-state index is 12.1. The number of carbonyl (C=O) groups is 1. The van der Waals surface area contributed by atoms with Gasteiger partial charge in [-0.25, -0.2) is 0 Å². The first-order valence-corrected chi connectivity index (χ1v) is 6.40. The number of aromatic hydroxyl groups is 1. The van der Waals surface area contributed by atoms with Crippen molar-refractivity contribution >= 4 is 5.91 Å². The molecule has 0 radical (unpaired) electrons. The molecule has 1 aromatic carbocycles. The van der Waals surface area contributed by atoms with Gasteiger partial charge in [-0.1, -0.05) is 19.1 Å². The lowest BCUT2D eigenvalue weighted by molar-refractivity contribution is -0.132. The average molecular weight is 250 g/mol. The zero-order valence-electron chi connectivity index (χ0n) is 11.1. The van der Waals surface area contributed by atoms with Gasteiger partial charge in [0, 0.05) is 13.1 Å². The quantitative estimate of drug-likeness (QED) is 0.804. The van der Waals surface area contributed by atoms with Crippen LogP contribution in [0, 0.1) is 0 Å². The molecule has 0 bridgehead atoms. The van der Waals surface area contributed by atoms with Crippen LogP contribution in [0.5, 0.6) is 5.75 Å². The average Bonchev–Trinajstić information content (AvgIpc) is 2.37. The van der Waals surface area contributed by atoms with Crippen LogP contribution in [0.1, 0.15) is 25.8 Å². The molecule has 1 aromatic rings. The van der Waals surface area contributed by atoms with Crippen LogP contribution in [0.25, 0.3) is 0 Å². The first-order valence-electron chi connectivity index (χ1n) is 6.40. The Morgan fingerprint density at radius 1 is 1.33 bits per heavy atom. The van der Waals surface area contributed by atoms with Crippen molar-refractivity contribution in [3.63, 3.8) is 0 Å². The topological polar surface area (TPSA) is 66.6 Å². The molecule has 0 saturated carbocycles. The number of carbonyl (C=O) groups excluding carboxylic acids is 1. The molecule has 100 valence electrons. The van der Waals surface area contributed by atoms with Gasteiger partial charge in [0.2, 0.25) is 5.91 Å². The number of phenolic OH excluding ortho intramolecular Hbond substituents is 1. The second-order valence-corrected chi connectivity index (χ2v) is 4.39. The molecule has 0 heterocycles. The SMILES string of the molecule is CCCN(CC)C(=O)[C@H](N)Cc1ccc(O)cc1. The van der Waals surface area contributed by atoms with Gasteiger partial charge in [0.05, 0.1) is 6.04 Å². The smallest absolute Gasteiger partial charge is 0.239 e. The molecule has 0 spiro atoms. The summed E-state index contributed by atoms with van der Waals surface area (Å²) in [6.45, 7) is 5.44. The molecule has 0 aliphatic heterocycles. The van der Waals surface area contributed by atoms with Gasteiger partial charge in [0.25, 0.3) is 0 Å². The second-order valence-electron chi connectivity index (χ2n) is 4.39. The minimum atomic E-state index is -0.513. The molecule has 18 heavy (non-hydrogen) atoms. The molecule has 1 atom stereocenters. The fourth-order valence-corrected chi connectivity index (χ4v) is 1.90. The van der Waals surface area contributed by atoms with Crippen molar-refractivity contribution in [1.29, 1.82) is 0 Å². The highest BCUT2D eigenvalue weighted by atomic mass is 16.3. The molecule has 0 saturated heterocycles. The summed E-state index contributed by atoms with van der Waals surface area (Å²) >= 11 is 0. The van der Waals surface area contributed by atoms with E-state index in [1.54, 1.807) is 29.2 Å². The number of nitrogens with zero attached hydrogens (tertiary/aromatic N) is 1. The van der Waals surface area contributed by atoms with Gasteiger partial charge in [-0.2, -0.15) is 0 Å². The highest BCUT2D eigenvalue weighted by molar-refractivity contribution is 5.82. The van der Waals surface area contributed by atoms with Crippen LogP contribution in [0.15, 0.2) is 24.3 Å². The van der Waals surface area contributed by atoms with Crippen LogP contribution < -0.4 is 5.73 Å². The van der Waals surface area contributed by atoms with Crippen LogP contribution in [0.3, 0.4) is 0 Å². The van der Waals surface area contributed by atoms with Gasteiger partial charge in [-0.15, -0.1) is 0 Å². The van der Waals surface area contributed by atoms with E-state index >= 15 is 0 Å².